The van der Waals surface area contributed by atoms with E-state index in [9.17, 15) is 0 Å². The summed E-state index contributed by atoms with van der Waals surface area (Å²) < 4.78 is 0. The van der Waals surface area contributed by atoms with Crippen molar-refractivity contribution in [3.05, 3.63) is 151 Å². The molecule has 0 aliphatic carbocycles. The second kappa shape index (κ2) is 12.3. The van der Waals surface area contributed by atoms with Crippen molar-refractivity contribution in [1.29, 1.82) is 0 Å². The lowest BCUT2D eigenvalue weighted by Gasteiger charge is -2.13. The monoisotopic (exact) mass is 619 g/mol. The molecule has 0 saturated heterocycles. The van der Waals surface area contributed by atoms with E-state index in [-0.39, 0.29) is 0 Å². The molecule has 0 saturated carbocycles. The van der Waals surface area contributed by atoms with E-state index in [1.54, 1.807) is 6.20 Å². The normalized spacial score (nSPS) is 11.4. The van der Waals surface area contributed by atoms with Crippen molar-refractivity contribution in [3.63, 3.8) is 0 Å². The van der Waals surface area contributed by atoms with Crippen LogP contribution in [0.3, 0.4) is 0 Å². The number of hydrogen-bond acceptors (Lipinski definition) is 5. The van der Waals surface area contributed by atoms with Crippen molar-refractivity contribution in [2.45, 2.75) is 26.7 Å². The molecule has 8 aromatic rings. The summed E-state index contributed by atoms with van der Waals surface area (Å²) >= 11 is 0. The summed E-state index contributed by atoms with van der Waals surface area (Å²) in [5.74, 6) is 1.03. The van der Waals surface area contributed by atoms with Gasteiger partial charge >= 0.3 is 0 Å². The van der Waals surface area contributed by atoms with Gasteiger partial charge in [-0.05, 0) is 65.4 Å². The van der Waals surface area contributed by atoms with Crippen LogP contribution in [0.15, 0.2) is 140 Å². The third kappa shape index (κ3) is 5.60. The van der Waals surface area contributed by atoms with E-state index in [2.05, 4.69) is 117 Å². The maximum Gasteiger partial charge on any atom is 0.160 e. The van der Waals surface area contributed by atoms with Crippen molar-refractivity contribution < 1.29 is 0 Å². The summed E-state index contributed by atoms with van der Waals surface area (Å²) in [4.78, 5) is 24.2. The second-order valence-electron chi connectivity index (χ2n) is 12.5. The zero-order valence-electron chi connectivity index (χ0n) is 27.1. The van der Waals surface area contributed by atoms with Gasteiger partial charge in [-0.15, -0.1) is 0 Å². The Morgan fingerprint density at radius 1 is 0.500 bits per heavy atom. The van der Waals surface area contributed by atoms with E-state index in [0.717, 1.165) is 83.5 Å². The fourth-order valence-corrected chi connectivity index (χ4v) is 6.22. The minimum absolute atomic E-state index is 0.354. The molecule has 4 aromatic carbocycles. The average Bonchev–Trinajstić information content (AvgIpc) is 3.15. The van der Waals surface area contributed by atoms with Crippen LogP contribution in [0.2, 0.25) is 0 Å². The van der Waals surface area contributed by atoms with Gasteiger partial charge in [0, 0.05) is 51.2 Å². The summed E-state index contributed by atoms with van der Waals surface area (Å²) in [5, 5.41) is 2.22. The van der Waals surface area contributed by atoms with Gasteiger partial charge in [-0.1, -0.05) is 111 Å². The van der Waals surface area contributed by atoms with Crippen LogP contribution >= 0.6 is 0 Å². The smallest absolute Gasteiger partial charge is 0.160 e. The predicted molar refractivity (Wildman–Crippen MR) is 196 cm³/mol. The van der Waals surface area contributed by atoms with Crippen molar-refractivity contribution in [2.24, 2.45) is 0 Å². The lowest BCUT2D eigenvalue weighted by molar-refractivity contribution is 0.830. The molecule has 48 heavy (non-hydrogen) atoms. The molecule has 0 bridgehead atoms. The molecule has 5 heteroatoms. The molecule has 5 nitrogen and oxygen atoms in total. The fraction of sp³-hybridized carbons (Fsp3) is 0.0930. The summed E-state index contributed by atoms with van der Waals surface area (Å²) in [6.45, 7) is 6.41. The van der Waals surface area contributed by atoms with Gasteiger partial charge in [0.2, 0.25) is 0 Å². The van der Waals surface area contributed by atoms with Gasteiger partial charge in [-0.2, -0.15) is 0 Å². The highest BCUT2D eigenvalue weighted by Gasteiger charge is 2.14. The molecular weight excluding hydrogens is 587 g/mol. The Kier molecular flexibility index (Phi) is 7.50. The zero-order valence-corrected chi connectivity index (χ0v) is 27.1. The van der Waals surface area contributed by atoms with Gasteiger partial charge in [0.1, 0.15) is 0 Å². The number of fused-ring (bicyclic) bond motifs is 3. The van der Waals surface area contributed by atoms with Crippen LogP contribution in [0, 0.1) is 6.92 Å². The van der Waals surface area contributed by atoms with Crippen LogP contribution in [0.1, 0.15) is 31.2 Å². The number of nitrogens with zero attached hydrogens (tertiary/aromatic N) is 5. The third-order valence-electron chi connectivity index (χ3n) is 8.81. The number of aromatic nitrogens is 5. The summed E-state index contributed by atoms with van der Waals surface area (Å²) in [6, 6.07) is 44.3. The standard InChI is InChI=1S/C43H33N5/c1-27(2)38-22-20-33-19-21-36-37(24-28(3)45-42(36)41(33)46-38)31-15-11-29(12-16-31)30-13-17-34(18-14-30)43-47-39(32-8-5-4-6-9-32)25-40(48-43)35-10-7-23-44-26-35/h4-27H,1-3H3. The van der Waals surface area contributed by atoms with Crippen LogP contribution in [0.25, 0.3) is 78.0 Å². The van der Waals surface area contributed by atoms with Crippen LogP contribution in [-0.2, 0) is 0 Å². The molecule has 8 rings (SSSR count). The zero-order chi connectivity index (χ0) is 32.6. The van der Waals surface area contributed by atoms with Crippen molar-refractivity contribution in [2.75, 3.05) is 0 Å². The van der Waals surface area contributed by atoms with Gasteiger partial charge in [0.05, 0.1) is 22.4 Å². The number of rotatable bonds is 6. The quantitative estimate of drug-likeness (QED) is 0.173. The third-order valence-corrected chi connectivity index (χ3v) is 8.81. The molecular formula is C43H33N5. The number of benzene rings is 4. The Hall–Kier alpha value is -6.07. The number of pyridine rings is 3. The highest BCUT2D eigenvalue weighted by molar-refractivity contribution is 6.08. The highest BCUT2D eigenvalue weighted by atomic mass is 14.9. The Bertz CT molecular complexity index is 2340. The lowest BCUT2D eigenvalue weighted by Crippen LogP contribution is -1.96. The number of aryl methyl sites for hydroxylation is 1. The second-order valence-corrected chi connectivity index (χ2v) is 12.5. The first-order chi connectivity index (χ1) is 23.5. The molecule has 4 heterocycles. The van der Waals surface area contributed by atoms with Gasteiger partial charge < -0.3 is 0 Å². The number of hydrogen-bond donors (Lipinski definition) is 0. The first kappa shape index (κ1) is 29.3. The summed E-state index contributed by atoms with van der Waals surface area (Å²) in [7, 11) is 0. The molecule has 4 aromatic heterocycles. The molecule has 0 aliphatic heterocycles. The van der Waals surface area contributed by atoms with Crippen molar-refractivity contribution in [1.82, 2.24) is 24.9 Å². The molecule has 0 unspecified atom stereocenters. The minimum Gasteiger partial charge on any atom is -0.264 e. The summed E-state index contributed by atoms with van der Waals surface area (Å²) in [6.07, 6.45) is 3.61. The Morgan fingerprint density at radius 2 is 1.15 bits per heavy atom. The first-order valence-corrected chi connectivity index (χ1v) is 16.3. The van der Waals surface area contributed by atoms with Gasteiger partial charge in [0.25, 0.3) is 0 Å². The molecule has 0 fully saturated rings. The highest BCUT2D eigenvalue weighted by Crippen LogP contribution is 2.35. The SMILES string of the molecule is Cc1cc(-c2ccc(-c3ccc(-c4nc(-c5ccccc5)cc(-c5cccnc5)n4)cc3)cc2)c2ccc3ccc(C(C)C)nc3c2n1. The molecule has 0 atom stereocenters. The summed E-state index contributed by atoms with van der Waals surface area (Å²) in [5.41, 5.74) is 13.2. The molecule has 230 valence electrons. The van der Waals surface area contributed by atoms with E-state index in [1.165, 1.54) is 0 Å². The van der Waals surface area contributed by atoms with Crippen molar-refractivity contribution in [3.8, 4) is 56.2 Å². The molecule has 0 N–H and O–H groups in total. The van der Waals surface area contributed by atoms with E-state index < -0.39 is 0 Å². The average molecular weight is 620 g/mol. The molecule has 0 amide bonds. The topological polar surface area (TPSA) is 64.5 Å². The molecule has 0 aliphatic rings. The van der Waals surface area contributed by atoms with Crippen LogP contribution in [-0.4, -0.2) is 24.9 Å². The van der Waals surface area contributed by atoms with E-state index in [1.807, 2.05) is 42.6 Å². The fourth-order valence-electron chi connectivity index (χ4n) is 6.22. The predicted octanol–water partition coefficient (Wildman–Crippen LogP) is 10.7. The van der Waals surface area contributed by atoms with Gasteiger partial charge in [-0.25, -0.2) is 9.97 Å². The maximum atomic E-state index is 5.03. The maximum absolute atomic E-state index is 5.03. The van der Waals surface area contributed by atoms with E-state index in [0.29, 0.717) is 11.7 Å². The first-order valence-electron chi connectivity index (χ1n) is 16.3. The lowest BCUT2D eigenvalue weighted by atomic mass is 9.96. The van der Waals surface area contributed by atoms with Crippen LogP contribution in [0.4, 0.5) is 0 Å². The Balaban J connectivity index is 1.13. The van der Waals surface area contributed by atoms with Crippen LogP contribution in [0.5, 0.6) is 0 Å². The largest absolute Gasteiger partial charge is 0.264 e. The van der Waals surface area contributed by atoms with Gasteiger partial charge in [-0.3, -0.25) is 15.0 Å². The van der Waals surface area contributed by atoms with Crippen LogP contribution < -0.4 is 0 Å². The Morgan fingerprint density at radius 3 is 1.83 bits per heavy atom. The van der Waals surface area contributed by atoms with E-state index in [4.69, 9.17) is 19.9 Å². The molecule has 0 radical (unpaired) electrons. The van der Waals surface area contributed by atoms with Crippen molar-refractivity contribution >= 4 is 21.8 Å². The minimum atomic E-state index is 0.354. The Labute approximate surface area is 280 Å². The van der Waals surface area contributed by atoms with E-state index >= 15 is 0 Å². The van der Waals surface area contributed by atoms with Gasteiger partial charge in [0.15, 0.2) is 5.82 Å². The molecule has 0 spiro atoms.